The average Bonchev–Trinajstić information content (AvgIpc) is 2.90. The number of esters is 2. The number of rotatable bonds is 9. The molecule has 1 spiro atoms. The fourth-order valence-electron chi connectivity index (χ4n) is 4.75. The molecule has 3 saturated heterocycles. The molecule has 4 rings (SSSR count). The van der Waals surface area contributed by atoms with E-state index in [2.05, 4.69) is 5.32 Å². The Morgan fingerprint density at radius 1 is 1.20 bits per heavy atom. The third-order valence-corrected chi connectivity index (χ3v) is 6.83. The molecule has 41 heavy (non-hydrogen) atoms. The Bertz CT molecular complexity index is 1290. The van der Waals surface area contributed by atoms with E-state index < -0.39 is 89.2 Å². The minimum atomic E-state index is -2.85. The Morgan fingerprint density at radius 2 is 1.88 bits per heavy atom. The number of Topliss-reactive ketones (excluding diaryl/α,β-unsaturated/α-hetero) is 1. The van der Waals surface area contributed by atoms with Crippen LogP contribution in [0.5, 0.6) is 0 Å². The van der Waals surface area contributed by atoms with Crippen molar-refractivity contribution < 1.29 is 61.3 Å². The van der Waals surface area contributed by atoms with Crippen LogP contribution in [0.1, 0.15) is 38.7 Å². The fourth-order valence-corrected chi connectivity index (χ4v) is 4.75. The van der Waals surface area contributed by atoms with Crippen molar-refractivity contribution in [3.05, 3.63) is 35.1 Å². The van der Waals surface area contributed by atoms with Gasteiger partial charge in [-0.05, 0) is 31.9 Å². The van der Waals surface area contributed by atoms with Crippen LogP contribution in [-0.2, 0) is 49.4 Å². The standard InChI is InChI=1S/C25H28F3N3O10/c1-23(2,9-14(32)7-13(29)5-12-6-17(27)18(28)8-16(12)26)38-11-15-20(34)39-25-21(35)31(4-3-30-25)41-19(33)10-24(15,37)22(36)40-25/h6,8,13,15,30,37H,3-5,7,9-11,29H2,1-2H3/t13-,15+,24+,25-/m1/s1. The van der Waals surface area contributed by atoms with Gasteiger partial charge in [-0.3, -0.25) is 14.4 Å². The predicted molar refractivity (Wildman–Crippen MR) is 126 cm³/mol. The number of nitrogens with zero attached hydrogens (tertiary/aromatic N) is 1. The number of amides is 1. The molecule has 0 aliphatic carbocycles. The molecule has 0 aromatic heterocycles. The molecule has 1 aromatic carbocycles. The van der Waals surface area contributed by atoms with Crippen LogP contribution in [0.15, 0.2) is 12.1 Å². The summed E-state index contributed by atoms with van der Waals surface area (Å²) in [5.74, 6) is -13.9. The number of hydrogen-bond donors (Lipinski definition) is 3. The molecule has 0 unspecified atom stereocenters. The van der Waals surface area contributed by atoms with Gasteiger partial charge in [-0.25, -0.2) is 28.1 Å². The van der Waals surface area contributed by atoms with Crippen LogP contribution < -0.4 is 11.1 Å². The summed E-state index contributed by atoms with van der Waals surface area (Å²) in [4.78, 5) is 69.0. The lowest BCUT2D eigenvalue weighted by atomic mass is 9.84. The quantitative estimate of drug-likeness (QED) is 0.249. The summed E-state index contributed by atoms with van der Waals surface area (Å²) in [6.45, 7) is 1.91. The Balaban J connectivity index is 1.44. The maximum atomic E-state index is 13.9. The largest absolute Gasteiger partial charge is 0.405 e. The molecule has 3 aliphatic heterocycles. The summed E-state index contributed by atoms with van der Waals surface area (Å²) in [7, 11) is 0. The predicted octanol–water partition coefficient (Wildman–Crippen LogP) is -0.487. The van der Waals surface area contributed by atoms with E-state index >= 15 is 0 Å². The molecule has 0 radical (unpaired) electrons. The second kappa shape index (κ2) is 11.0. The molecule has 1 aromatic rings. The van der Waals surface area contributed by atoms with Crippen LogP contribution >= 0.6 is 0 Å². The van der Waals surface area contributed by atoms with E-state index in [0.29, 0.717) is 17.2 Å². The first-order chi connectivity index (χ1) is 19.0. The average molecular weight is 588 g/mol. The van der Waals surface area contributed by atoms with E-state index in [4.69, 9.17) is 24.8 Å². The SMILES string of the molecule is CC(C)(CC(=O)C[C@H](N)Cc1cc(F)c(F)cc1F)OC[C@H]1C(=O)O[C@@]23NCCN(OC(=O)C[C@@]1(O)C(=O)O2)C3=O. The van der Waals surface area contributed by atoms with Crippen molar-refractivity contribution in [1.82, 2.24) is 10.4 Å². The summed E-state index contributed by atoms with van der Waals surface area (Å²) >= 11 is 0. The number of benzene rings is 1. The van der Waals surface area contributed by atoms with Crippen molar-refractivity contribution >= 4 is 29.6 Å². The molecule has 0 saturated carbocycles. The second-order valence-electron chi connectivity index (χ2n) is 10.7. The highest BCUT2D eigenvalue weighted by molar-refractivity contribution is 5.98. The van der Waals surface area contributed by atoms with Crippen molar-refractivity contribution in [1.29, 1.82) is 0 Å². The zero-order chi connectivity index (χ0) is 30.3. The minimum Gasteiger partial charge on any atom is -0.400 e. The van der Waals surface area contributed by atoms with Gasteiger partial charge in [-0.2, -0.15) is 5.06 Å². The highest BCUT2D eigenvalue weighted by Gasteiger charge is 2.65. The third kappa shape index (κ3) is 6.19. The molecule has 3 fully saturated rings. The van der Waals surface area contributed by atoms with Crippen LogP contribution in [-0.4, -0.2) is 82.6 Å². The molecule has 3 heterocycles. The third-order valence-electron chi connectivity index (χ3n) is 6.83. The molecular formula is C25H28F3N3O10. The second-order valence-corrected chi connectivity index (χ2v) is 10.7. The first kappa shape index (κ1) is 30.4. The van der Waals surface area contributed by atoms with Crippen molar-refractivity contribution in [2.24, 2.45) is 11.7 Å². The van der Waals surface area contributed by atoms with Crippen molar-refractivity contribution in [2.45, 2.75) is 62.7 Å². The van der Waals surface area contributed by atoms with Gasteiger partial charge in [-0.1, -0.05) is 0 Å². The summed E-state index contributed by atoms with van der Waals surface area (Å²) < 4.78 is 56.5. The number of carbonyl (C=O) groups is 5. The number of halogens is 3. The van der Waals surface area contributed by atoms with Gasteiger partial charge in [0, 0.05) is 31.5 Å². The Morgan fingerprint density at radius 3 is 2.59 bits per heavy atom. The molecule has 4 N–H and O–H groups in total. The van der Waals surface area contributed by atoms with E-state index in [1.165, 1.54) is 13.8 Å². The van der Waals surface area contributed by atoms with Gasteiger partial charge in [0.05, 0.1) is 25.2 Å². The highest BCUT2D eigenvalue weighted by Crippen LogP contribution is 2.36. The molecule has 3 aliphatic rings. The number of ketones is 1. The van der Waals surface area contributed by atoms with Crippen LogP contribution in [0.25, 0.3) is 0 Å². The number of carbonyl (C=O) groups excluding carboxylic acids is 5. The maximum absolute atomic E-state index is 13.9. The van der Waals surface area contributed by atoms with Crippen LogP contribution in [0.3, 0.4) is 0 Å². The Kier molecular flexibility index (Phi) is 8.14. The number of aliphatic hydroxyl groups is 1. The monoisotopic (exact) mass is 587 g/mol. The molecule has 3 bridgehead atoms. The summed E-state index contributed by atoms with van der Waals surface area (Å²) in [6.07, 6.45) is -1.96. The van der Waals surface area contributed by atoms with Gasteiger partial charge in [0.2, 0.25) is 0 Å². The topological polar surface area (TPSA) is 184 Å². The van der Waals surface area contributed by atoms with E-state index in [1.807, 2.05) is 0 Å². The lowest BCUT2D eigenvalue weighted by Gasteiger charge is -2.37. The Labute approximate surface area is 231 Å². The first-order valence-corrected chi connectivity index (χ1v) is 12.6. The Hall–Kier alpha value is -3.60. The van der Waals surface area contributed by atoms with Crippen LogP contribution in [0, 0.1) is 23.4 Å². The molecule has 13 nitrogen and oxygen atoms in total. The zero-order valence-corrected chi connectivity index (χ0v) is 22.0. The van der Waals surface area contributed by atoms with Crippen LogP contribution in [0.4, 0.5) is 13.2 Å². The lowest BCUT2D eigenvalue weighted by Crippen LogP contribution is -2.67. The number of nitrogens with one attached hydrogen (secondary N) is 1. The molecule has 16 heteroatoms. The van der Waals surface area contributed by atoms with Gasteiger partial charge < -0.3 is 29.9 Å². The number of hydrogen-bond acceptors (Lipinski definition) is 12. The van der Waals surface area contributed by atoms with Gasteiger partial charge in [-0.15, -0.1) is 0 Å². The summed E-state index contributed by atoms with van der Waals surface area (Å²) in [5.41, 5.74) is 1.51. The molecule has 1 amide bonds. The summed E-state index contributed by atoms with van der Waals surface area (Å²) in [5, 5.41) is 14.2. The van der Waals surface area contributed by atoms with Gasteiger partial charge in [0.25, 0.3) is 0 Å². The maximum Gasteiger partial charge on any atom is 0.405 e. The van der Waals surface area contributed by atoms with E-state index in [9.17, 15) is 42.3 Å². The summed E-state index contributed by atoms with van der Waals surface area (Å²) in [6, 6.07) is 0.0845. The van der Waals surface area contributed by atoms with E-state index in [0.717, 1.165) is 0 Å². The van der Waals surface area contributed by atoms with Crippen molar-refractivity contribution in [3.8, 4) is 0 Å². The number of ether oxygens (including phenoxy) is 3. The van der Waals surface area contributed by atoms with Crippen molar-refractivity contribution in [3.63, 3.8) is 0 Å². The number of fused-ring (bicyclic) bond motifs is 3. The highest BCUT2D eigenvalue weighted by atomic mass is 19.2. The number of nitrogens with two attached hydrogens (primary N) is 1. The van der Waals surface area contributed by atoms with Gasteiger partial charge in [0.1, 0.15) is 17.5 Å². The normalized spacial score (nSPS) is 27.2. The molecular weight excluding hydrogens is 559 g/mol. The van der Waals surface area contributed by atoms with E-state index in [1.54, 1.807) is 0 Å². The van der Waals surface area contributed by atoms with Gasteiger partial charge >= 0.3 is 29.7 Å². The number of piperazine rings is 1. The number of hydroxylamine groups is 2. The zero-order valence-electron chi connectivity index (χ0n) is 22.0. The first-order valence-electron chi connectivity index (χ1n) is 12.6. The minimum absolute atomic E-state index is 0.0980. The molecule has 224 valence electrons. The molecule has 4 atom stereocenters. The van der Waals surface area contributed by atoms with Gasteiger partial charge in [0.15, 0.2) is 17.2 Å². The smallest absolute Gasteiger partial charge is 0.400 e. The van der Waals surface area contributed by atoms with E-state index in [-0.39, 0.29) is 37.9 Å². The van der Waals surface area contributed by atoms with Crippen molar-refractivity contribution in [2.75, 3.05) is 19.7 Å². The van der Waals surface area contributed by atoms with Crippen LogP contribution in [0.2, 0.25) is 0 Å². The fraction of sp³-hybridized carbons (Fsp3) is 0.560. The lowest BCUT2D eigenvalue weighted by molar-refractivity contribution is -0.265.